The van der Waals surface area contributed by atoms with E-state index in [1.807, 2.05) is 24.3 Å². The van der Waals surface area contributed by atoms with Gasteiger partial charge in [-0.05, 0) is 31.9 Å². The minimum absolute atomic E-state index is 0.0297. The summed E-state index contributed by atoms with van der Waals surface area (Å²) in [6.45, 7) is 1.66. The molecule has 1 aliphatic heterocycles. The fourth-order valence-corrected chi connectivity index (χ4v) is 3.91. The summed E-state index contributed by atoms with van der Waals surface area (Å²) >= 11 is 0. The number of halogens is 2. The maximum Gasteiger partial charge on any atom is 0.307 e. The monoisotopic (exact) mass is 457 g/mol. The average Bonchev–Trinajstić information content (AvgIpc) is 3.28. The maximum atomic E-state index is 14.8. The Morgan fingerprint density at radius 2 is 2.00 bits per heavy atom. The smallest absolute Gasteiger partial charge is 0.307 e. The molecule has 0 amide bonds. The van der Waals surface area contributed by atoms with E-state index in [2.05, 4.69) is 15.1 Å². The lowest BCUT2D eigenvalue weighted by atomic mass is 10.0. The number of esters is 1. The molecule has 3 heterocycles. The van der Waals surface area contributed by atoms with Crippen molar-refractivity contribution in [1.82, 2.24) is 24.6 Å². The number of nitrogens with zero attached hydrogens (tertiary/aromatic N) is 5. The first-order valence-electron chi connectivity index (χ1n) is 10.9. The van der Waals surface area contributed by atoms with Crippen LogP contribution >= 0.6 is 0 Å². The number of hydrogen-bond donors (Lipinski definition) is 0. The second-order valence-electron chi connectivity index (χ2n) is 7.99. The summed E-state index contributed by atoms with van der Waals surface area (Å²) in [5.41, 5.74) is 2.61. The van der Waals surface area contributed by atoms with Crippen molar-refractivity contribution in [2.75, 3.05) is 19.7 Å². The van der Waals surface area contributed by atoms with E-state index in [1.54, 1.807) is 19.3 Å². The zero-order valence-corrected chi connectivity index (χ0v) is 18.3. The molecule has 3 aromatic rings. The summed E-state index contributed by atoms with van der Waals surface area (Å²) in [4.78, 5) is 33.9. The zero-order chi connectivity index (χ0) is 23.4. The number of fused-ring (bicyclic) bond motifs is 1. The molecule has 0 aliphatic carbocycles. The molecular formula is C23H25F2N5O3. The number of alkyl halides is 2. The molecule has 4 rings (SSSR count). The second kappa shape index (κ2) is 9.70. The Labute approximate surface area is 189 Å². The lowest BCUT2D eigenvalue weighted by Gasteiger charge is -2.38. The van der Waals surface area contributed by atoms with Crippen LogP contribution in [0.4, 0.5) is 8.78 Å². The number of rotatable bonds is 8. The number of para-hydroxylation sites is 2. The van der Waals surface area contributed by atoms with Gasteiger partial charge in [-0.3, -0.25) is 19.3 Å². The Morgan fingerprint density at radius 1 is 1.21 bits per heavy atom. The molecule has 1 aliphatic rings. The first-order chi connectivity index (χ1) is 15.9. The molecule has 0 spiro atoms. The second-order valence-corrected chi connectivity index (χ2v) is 7.99. The number of benzene rings is 1. The van der Waals surface area contributed by atoms with Crippen molar-refractivity contribution in [2.24, 2.45) is 0 Å². The Hall–Kier alpha value is -3.27. The van der Waals surface area contributed by atoms with Gasteiger partial charge in [0.2, 0.25) is 0 Å². The van der Waals surface area contributed by atoms with Crippen LogP contribution in [0.2, 0.25) is 0 Å². The SMILES string of the molecule is CCOC(=O)CCCCN1CC(=O)C(n2cc(-c3cnc4ccccc4n3)cn2)CC1(F)F. The highest BCUT2D eigenvalue weighted by molar-refractivity contribution is 5.85. The van der Waals surface area contributed by atoms with Crippen molar-refractivity contribution in [1.29, 1.82) is 0 Å². The van der Waals surface area contributed by atoms with Gasteiger partial charge in [0.15, 0.2) is 5.78 Å². The highest BCUT2D eigenvalue weighted by atomic mass is 19.3. The highest BCUT2D eigenvalue weighted by Gasteiger charge is 2.47. The van der Waals surface area contributed by atoms with Crippen LogP contribution in [0.25, 0.3) is 22.3 Å². The average molecular weight is 457 g/mol. The number of Topliss-reactive ketones (excluding diaryl/α,β-unsaturated/α-hetero) is 1. The lowest BCUT2D eigenvalue weighted by Crippen LogP contribution is -2.53. The summed E-state index contributed by atoms with van der Waals surface area (Å²) in [7, 11) is 0. The van der Waals surface area contributed by atoms with Crippen molar-refractivity contribution in [3.8, 4) is 11.3 Å². The summed E-state index contributed by atoms with van der Waals surface area (Å²) in [5, 5.41) is 4.17. The molecule has 174 valence electrons. The molecule has 0 N–H and O–H groups in total. The van der Waals surface area contributed by atoms with Crippen LogP contribution in [0.5, 0.6) is 0 Å². The Morgan fingerprint density at radius 3 is 2.79 bits per heavy atom. The van der Waals surface area contributed by atoms with Crippen molar-refractivity contribution >= 4 is 22.8 Å². The fourth-order valence-electron chi connectivity index (χ4n) is 3.91. The van der Waals surface area contributed by atoms with Crippen molar-refractivity contribution in [3.63, 3.8) is 0 Å². The van der Waals surface area contributed by atoms with Gasteiger partial charge in [-0.1, -0.05) is 12.1 Å². The molecular weight excluding hydrogens is 432 g/mol. The molecule has 2 aromatic heterocycles. The molecule has 1 unspecified atom stereocenters. The van der Waals surface area contributed by atoms with Crippen LogP contribution in [0.1, 0.15) is 38.6 Å². The van der Waals surface area contributed by atoms with Crippen LogP contribution in [0, 0.1) is 0 Å². The van der Waals surface area contributed by atoms with Gasteiger partial charge in [0.1, 0.15) is 6.04 Å². The van der Waals surface area contributed by atoms with Crippen LogP contribution in [0.15, 0.2) is 42.9 Å². The number of likely N-dealkylation sites (tertiary alicyclic amines) is 1. The summed E-state index contributed by atoms with van der Waals surface area (Å²) < 4.78 is 35.7. The molecule has 0 radical (unpaired) electrons. The number of carbonyl (C=O) groups is 2. The molecule has 0 saturated carbocycles. The quantitative estimate of drug-likeness (QED) is 0.290. The molecule has 8 nitrogen and oxygen atoms in total. The van der Waals surface area contributed by atoms with E-state index in [4.69, 9.17) is 4.74 Å². The fraction of sp³-hybridized carbons (Fsp3) is 0.435. The van der Waals surface area contributed by atoms with Crippen LogP contribution in [-0.4, -0.2) is 62.1 Å². The number of unbranched alkanes of at least 4 members (excludes halogenated alkanes) is 1. The van der Waals surface area contributed by atoms with Crippen molar-refractivity contribution in [3.05, 3.63) is 42.9 Å². The topological polar surface area (TPSA) is 90.2 Å². The standard InChI is InChI=1S/C23H25F2N5O3/c1-2-33-22(32)9-5-6-10-29-15-21(31)20(11-23(29,24)25)30-14-16(12-27-30)19-13-26-17-7-3-4-8-18(17)28-19/h3-4,7-8,12-14,20H,2,5-6,9-11,15H2,1H3. The minimum atomic E-state index is -3.16. The molecule has 1 atom stereocenters. The summed E-state index contributed by atoms with van der Waals surface area (Å²) in [6, 6.07) is 3.20. The third-order valence-electron chi connectivity index (χ3n) is 5.65. The number of ether oxygens (including phenoxy) is 1. The van der Waals surface area contributed by atoms with E-state index in [0.717, 1.165) is 10.4 Å². The van der Waals surface area contributed by atoms with Crippen LogP contribution in [-0.2, 0) is 14.3 Å². The Balaban J connectivity index is 1.41. The van der Waals surface area contributed by atoms with Crippen LogP contribution in [0.3, 0.4) is 0 Å². The molecule has 1 aromatic carbocycles. The first kappa shape index (κ1) is 22.9. The largest absolute Gasteiger partial charge is 0.466 e. The van der Waals surface area contributed by atoms with Gasteiger partial charge in [-0.15, -0.1) is 0 Å². The van der Waals surface area contributed by atoms with Crippen molar-refractivity contribution in [2.45, 2.75) is 44.7 Å². The Kier molecular flexibility index (Phi) is 6.73. The van der Waals surface area contributed by atoms with E-state index >= 15 is 0 Å². The van der Waals surface area contributed by atoms with E-state index in [0.29, 0.717) is 36.2 Å². The van der Waals surface area contributed by atoms with Gasteiger partial charge in [0, 0.05) is 24.7 Å². The Bertz CT molecular complexity index is 1150. The van der Waals surface area contributed by atoms with Gasteiger partial charge in [0.05, 0.1) is 48.7 Å². The van der Waals surface area contributed by atoms with E-state index in [9.17, 15) is 18.4 Å². The number of piperidine rings is 1. The number of aromatic nitrogens is 4. The van der Waals surface area contributed by atoms with Crippen LogP contribution < -0.4 is 0 Å². The molecule has 10 heteroatoms. The molecule has 1 fully saturated rings. The van der Waals surface area contributed by atoms with Gasteiger partial charge in [-0.2, -0.15) is 13.9 Å². The predicted molar refractivity (Wildman–Crippen MR) is 116 cm³/mol. The van der Waals surface area contributed by atoms with Gasteiger partial charge in [-0.25, -0.2) is 9.88 Å². The van der Waals surface area contributed by atoms with Gasteiger partial charge < -0.3 is 4.74 Å². The molecule has 0 bridgehead atoms. The summed E-state index contributed by atoms with van der Waals surface area (Å²) in [5.74, 6) is -0.671. The van der Waals surface area contributed by atoms with E-state index < -0.39 is 18.5 Å². The highest BCUT2D eigenvalue weighted by Crippen LogP contribution is 2.36. The normalized spacial score (nSPS) is 18.5. The van der Waals surface area contributed by atoms with Gasteiger partial charge in [0.25, 0.3) is 0 Å². The maximum absolute atomic E-state index is 14.8. The third kappa shape index (κ3) is 5.22. The van der Waals surface area contributed by atoms with Gasteiger partial charge >= 0.3 is 12.0 Å². The van der Waals surface area contributed by atoms with E-state index in [1.165, 1.54) is 10.9 Å². The number of carbonyl (C=O) groups excluding carboxylic acids is 2. The third-order valence-corrected chi connectivity index (χ3v) is 5.65. The predicted octanol–water partition coefficient (Wildman–Crippen LogP) is 3.64. The minimum Gasteiger partial charge on any atom is -0.466 e. The first-order valence-corrected chi connectivity index (χ1v) is 10.9. The zero-order valence-electron chi connectivity index (χ0n) is 18.3. The molecule has 33 heavy (non-hydrogen) atoms. The molecule has 1 saturated heterocycles. The number of ketones is 1. The van der Waals surface area contributed by atoms with E-state index in [-0.39, 0.29) is 31.3 Å². The number of hydrogen-bond acceptors (Lipinski definition) is 7. The summed E-state index contributed by atoms with van der Waals surface area (Å²) in [6.07, 6.45) is 4.99. The van der Waals surface area contributed by atoms with Crippen molar-refractivity contribution < 1.29 is 23.1 Å². The lowest BCUT2D eigenvalue weighted by molar-refractivity contribution is -0.184.